The van der Waals surface area contributed by atoms with E-state index in [-0.39, 0.29) is 11.8 Å². The maximum atomic E-state index is 12.6. The standard InChI is InChI=1S/C16H24N2O/c1-4-18(15-9-5-12(2)6-10-15)16(19)14-8-7-13(3)17-11-14/h5-6,9-10,13-14,17H,4,7-8,11H2,1-3H3. The number of anilines is 1. The Kier molecular flexibility index (Phi) is 4.59. The van der Waals surface area contributed by atoms with E-state index in [1.807, 2.05) is 24.0 Å². The van der Waals surface area contributed by atoms with Gasteiger partial charge in [0.1, 0.15) is 0 Å². The lowest BCUT2D eigenvalue weighted by Crippen LogP contribution is -2.45. The number of nitrogens with zero attached hydrogens (tertiary/aromatic N) is 1. The average Bonchev–Trinajstić information content (AvgIpc) is 2.42. The van der Waals surface area contributed by atoms with Crippen molar-refractivity contribution in [1.29, 1.82) is 0 Å². The zero-order valence-electron chi connectivity index (χ0n) is 12.1. The first-order valence-corrected chi connectivity index (χ1v) is 7.23. The summed E-state index contributed by atoms with van der Waals surface area (Å²) in [6.07, 6.45) is 2.08. The van der Waals surface area contributed by atoms with Crippen LogP contribution in [0.2, 0.25) is 0 Å². The van der Waals surface area contributed by atoms with Crippen molar-refractivity contribution in [2.45, 2.75) is 39.7 Å². The summed E-state index contributed by atoms with van der Waals surface area (Å²) in [4.78, 5) is 14.5. The first-order chi connectivity index (χ1) is 9.11. The average molecular weight is 260 g/mol. The molecule has 1 aliphatic heterocycles. The molecule has 104 valence electrons. The molecule has 1 fully saturated rings. The Bertz CT molecular complexity index is 419. The Morgan fingerprint density at radius 2 is 2.00 bits per heavy atom. The van der Waals surface area contributed by atoms with Gasteiger partial charge >= 0.3 is 0 Å². The van der Waals surface area contributed by atoms with E-state index in [1.165, 1.54) is 5.56 Å². The number of carbonyl (C=O) groups excluding carboxylic acids is 1. The molecule has 19 heavy (non-hydrogen) atoms. The largest absolute Gasteiger partial charge is 0.313 e. The normalized spacial score (nSPS) is 23.1. The number of benzene rings is 1. The van der Waals surface area contributed by atoms with Crippen LogP contribution < -0.4 is 10.2 Å². The molecule has 0 spiro atoms. The second-order valence-electron chi connectivity index (χ2n) is 5.50. The number of carbonyl (C=O) groups is 1. The van der Waals surface area contributed by atoms with Gasteiger partial charge < -0.3 is 10.2 Å². The first-order valence-electron chi connectivity index (χ1n) is 7.23. The van der Waals surface area contributed by atoms with E-state index in [9.17, 15) is 4.79 Å². The fourth-order valence-electron chi connectivity index (χ4n) is 2.62. The van der Waals surface area contributed by atoms with Crippen LogP contribution in [0.25, 0.3) is 0 Å². The van der Waals surface area contributed by atoms with Crippen molar-refractivity contribution in [3.63, 3.8) is 0 Å². The SMILES string of the molecule is CCN(C(=O)C1CCC(C)NC1)c1ccc(C)cc1. The lowest BCUT2D eigenvalue weighted by atomic mass is 9.94. The molecule has 1 heterocycles. The van der Waals surface area contributed by atoms with Gasteiger partial charge in [0.25, 0.3) is 0 Å². The summed E-state index contributed by atoms with van der Waals surface area (Å²) in [5, 5.41) is 3.40. The van der Waals surface area contributed by atoms with Crippen molar-refractivity contribution in [3.8, 4) is 0 Å². The first kappa shape index (κ1) is 14.1. The van der Waals surface area contributed by atoms with Crippen molar-refractivity contribution in [1.82, 2.24) is 5.32 Å². The highest BCUT2D eigenvalue weighted by molar-refractivity contribution is 5.95. The third-order valence-corrected chi connectivity index (χ3v) is 3.94. The molecular weight excluding hydrogens is 236 g/mol. The van der Waals surface area contributed by atoms with Crippen molar-refractivity contribution < 1.29 is 4.79 Å². The van der Waals surface area contributed by atoms with Gasteiger partial charge in [-0.15, -0.1) is 0 Å². The highest BCUT2D eigenvalue weighted by Crippen LogP contribution is 2.21. The summed E-state index contributed by atoms with van der Waals surface area (Å²) in [5.41, 5.74) is 2.23. The number of aryl methyl sites for hydroxylation is 1. The monoisotopic (exact) mass is 260 g/mol. The molecule has 1 saturated heterocycles. The molecular formula is C16H24N2O. The zero-order valence-corrected chi connectivity index (χ0v) is 12.1. The zero-order chi connectivity index (χ0) is 13.8. The lowest BCUT2D eigenvalue weighted by molar-refractivity contribution is -0.123. The number of amides is 1. The Morgan fingerprint density at radius 3 is 2.53 bits per heavy atom. The predicted octanol–water partition coefficient (Wildman–Crippen LogP) is 2.74. The molecule has 0 aliphatic carbocycles. The van der Waals surface area contributed by atoms with Crippen molar-refractivity contribution in [3.05, 3.63) is 29.8 Å². The summed E-state index contributed by atoms with van der Waals surface area (Å²) in [6, 6.07) is 8.74. The minimum absolute atomic E-state index is 0.123. The predicted molar refractivity (Wildman–Crippen MR) is 79.4 cm³/mol. The number of hydrogen-bond acceptors (Lipinski definition) is 2. The van der Waals surface area contributed by atoms with Gasteiger partial charge in [-0.05, 0) is 45.7 Å². The van der Waals surface area contributed by atoms with Gasteiger partial charge in [-0.1, -0.05) is 17.7 Å². The van der Waals surface area contributed by atoms with E-state index >= 15 is 0 Å². The van der Waals surface area contributed by atoms with E-state index in [4.69, 9.17) is 0 Å². The molecule has 1 aromatic rings. The smallest absolute Gasteiger partial charge is 0.231 e. The third-order valence-electron chi connectivity index (χ3n) is 3.94. The molecule has 3 heteroatoms. The Morgan fingerprint density at radius 1 is 1.32 bits per heavy atom. The maximum absolute atomic E-state index is 12.6. The van der Waals surface area contributed by atoms with Crippen molar-refractivity contribution in [2.24, 2.45) is 5.92 Å². The molecule has 2 unspecified atom stereocenters. The molecule has 0 aromatic heterocycles. The molecule has 3 nitrogen and oxygen atoms in total. The van der Waals surface area contributed by atoms with E-state index < -0.39 is 0 Å². The van der Waals surface area contributed by atoms with Crippen LogP contribution >= 0.6 is 0 Å². The molecule has 2 atom stereocenters. The van der Waals surface area contributed by atoms with Gasteiger partial charge in [-0.25, -0.2) is 0 Å². The van der Waals surface area contributed by atoms with Crippen LogP contribution in [-0.2, 0) is 4.79 Å². The summed E-state index contributed by atoms with van der Waals surface area (Å²) in [6.45, 7) is 7.82. The van der Waals surface area contributed by atoms with Crippen LogP contribution in [-0.4, -0.2) is 25.0 Å². The number of hydrogen-bond donors (Lipinski definition) is 1. The minimum atomic E-state index is 0.123. The summed E-state index contributed by atoms with van der Waals surface area (Å²) < 4.78 is 0. The van der Waals surface area contributed by atoms with Gasteiger partial charge in [0.2, 0.25) is 5.91 Å². The molecule has 1 aliphatic rings. The topological polar surface area (TPSA) is 32.3 Å². The second kappa shape index (κ2) is 6.20. The molecule has 0 bridgehead atoms. The summed E-state index contributed by atoms with van der Waals surface area (Å²) >= 11 is 0. The summed E-state index contributed by atoms with van der Waals surface area (Å²) in [7, 11) is 0. The van der Waals surface area contributed by atoms with Gasteiger partial charge in [0.15, 0.2) is 0 Å². The molecule has 1 amide bonds. The van der Waals surface area contributed by atoms with Gasteiger partial charge in [0, 0.05) is 24.8 Å². The number of piperidine rings is 1. The molecule has 2 rings (SSSR count). The third kappa shape index (κ3) is 3.35. The highest BCUT2D eigenvalue weighted by atomic mass is 16.2. The fraction of sp³-hybridized carbons (Fsp3) is 0.562. The van der Waals surface area contributed by atoms with Crippen LogP contribution in [0.3, 0.4) is 0 Å². The second-order valence-corrected chi connectivity index (χ2v) is 5.50. The van der Waals surface area contributed by atoms with Gasteiger partial charge in [0.05, 0.1) is 5.92 Å². The minimum Gasteiger partial charge on any atom is -0.313 e. The van der Waals surface area contributed by atoms with E-state index in [0.29, 0.717) is 6.04 Å². The molecule has 1 N–H and O–H groups in total. The van der Waals surface area contributed by atoms with E-state index in [1.54, 1.807) is 0 Å². The van der Waals surface area contributed by atoms with Crippen LogP contribution in [0.5, 0.6) is 0 Å². The van der Waals surface area contributed by atoms with Crippen LogP contribution in [0.1, 0.15) is 32.3 Å². The Balaban J connectivity index is 2.08. The van der Waals surface area contributed by atoms with Gasteiger partial charge in [-0.3, -0.25) is 4.79 Å². The van der Waals surface area contributed by atoms with Crippen molar-refractivity contribution >= 4 is 11.6 Å². The number of rotatable bonds is 3. The molecule has 0 saturated carbocycles. The van der Waals surface area contributed by atoms with E-state index in [0.717, 1.165) is 31.6 Å². The summed E-state index contributed by atoms with van der Waals surface area (Å²) in [5.74, 6) is 0.378. The highest BCUT2D eigenvalue weighted by Gasteiger charge is 2.27. The van der Waals surface area contributed by atoms with Crippen LogP contribution in [0, 0.1) is 12.8 Å². The molecule has 1 aromatic carbocycles. The number of nitrogens with one attached hydrogen (secondary N) is 1. The Labute approximate surface area is 116 Å². The van der Waals surface area contributed by atoms with Crippen molar-refractivity contribution in [2.75, 3.05) is 18.0 Å². The van der Waals surface area contributed by atoms with Gasteiger partial charge in [-0.2, -0.15) is 0 Å². The maximum Gasteiger partial charge on any atom is 0.231 e. The van der Waals surface area contributed by atoms with E-state index in [2.05, 4.69) is 31.3 Å². The quantitative estimate of drug-likeness (QED) is 0.906. The Hall–Kier alpha value is -1.35. The van der Waals surface area contributed by atoms with Crippen LogP contribution in [0.4, 0.5) is 5.69 Å². The fourth-order valence-corrected chi connectivity index (χ4v) is 2.62. The van der Waals surface area contributed by atoms with Crippen LogP contribution in [0.15, 0.2) is 24.3 Å². The molecule has 0 radical (unpaired) electrons. The lowest BCUT2D eigenvalue weighted by Gasteiger charge is -2.31.